The van der Waals surface area contributed by atoms with Crippen molar-refractivity contribution in [1.82, 2.24) is 0 Å². The molecule has 26 heavy (non-hydrogen) atoms. The third-order valence-electron chi connectivity index (χ3n) is 3.96. The molecule has 0 bridgehead atoms. The Balaban J connectivity index is 2.04. The van der Waals surface area contributed by atoms with E-state index in [2.05, 4.69) is 5.32 Å². The van der Waals surface area contributed by atoms with Gasteiger partial charge < -0.3 is 10.1 Å². The molecule has 0 aliphatic rings. The minimum Gasteiger partial charge on any atom is -0.481 e. The number of ether oxygens (including phenoxy) is 1. The lowest BCUT2D eigenvalue weighted by molar-refractivity contribution is -0.122. The predicted molar refractivity (Wildman–Crippen MR) is 104 cm³/mol. The molecule has 140 valence electrons. The van der Waals surface area contributed by atoms with Crippen LogP contribution >= 0.6 is 0 Å². The van der Waals surface area contributed by atoms with Crippen molar-refractivity contribution < 1.29 is 17.9 Å². The summed E-state index contributed by atoms with van der Waals surface area (Å²) in [6.07, 6.45) is 0.998. The van der Waals surface area contributed by atoms with Crippen LogP contribution in [0.3, 0.4) is 0 Å². The molecule has 0 unspecified atom stereocenters. The van der Waals surface area contributed by atoms with Gasteiger partial charge in [0.15, 0.2) is 6.10 Å². The number of hydrogen-bond donors (Lipinski definition) is 1. The summed E-state index contributed by atoms with van der Waals surface area (Å²) in [5.74, 6) is 0.273. The number of anilines is 2. The zero-order chi connectivity index (χ0) is 19.3. The predicted octanol–water partition coefficient (Wildman–Crippen LogP) is 3.19. The summed E-state index contributed by atoms with van der Waals surface area (Å²) in [6, 6.07) is 14.1. The Bertz CT molecular complexity index is 846. The Hall–Kier alpha value is -2.54. The number of aryl methyl sites for hydroxylation is 1. The van der Waals surface area contributed by atoms with E-state index in [0.717, 1.165) is 11.8 Å². The maximum atomic E-state index is 12.4. The largest absolute Gasteiger partial charge is 0.481 e. The SMILES string of the molecule is CC[C@@H](Oc1ccc(N(C)S(C)(=O)=O)cc1)C(=O)Nc1ccc(C)cc1. The first kappa shape index (κ1) is 19.8. The summed E-state index contributed by atoms with van der Waals surface area (Å²) >= 11 is 0. The lowest BCUT2D eigenvalue weighted by Gasteiger charge is -2.19. The van der Waals surface area contributed by atoms with E-state index in [1.165, 1.54) is 11.4 Å². The number of nitrogens with one attached hydrogen (secondary N) is 1. The quantitative estimate of drug-likeness (QED) is 0.805. The average molecular weight is 376 g/mol. The van der Waals surface area contributed by atoms with E-state index in [4.69, 9.17) is 4.74 Å². The molecule has 2 rings (SSSR count). The molecule has 2 aromatic carbocycles. The van der Waals surface area contributed by atoms with Crippen molar-refractivity contribution in [2.45, 2.75) is 26.4 Å². The normalized spacial score (nSPS) is 12.3. The van der Waals surface area contributed by atoms with Crippen LogP contribution in [0.15, 0.2) is 48.5 Å². The zero-order valence-corrected chi connectivity index (χ0v) is 16.2. The van der Waals surface area contributed by atoms with E-state index in [1.54, 1.807) is 24.3 Å². The number of sulfonamides is 1. The Morgan fingerprint density at radius 1 is 1.12 bits per heavy atom. The Morgan fingerprint density at radius 3 is 2.19 bits per heavy atom. The van der Waals surface area contributed by atoms with Crippen molar-refractivity contribution >= 4 is 27.3 Å². The number of nitrogens with zero attached hydrogens (tertiary/aromatic N) is 1. The van der Waals surface area contributed by atoms with Crippen LogP contribution in [0.25, 0.3) is 0 Å². The lowest BCUT2D eigenvalue weighted by Crippen LogP contribution is -2.32. The standard InChI is InChI=1S/C19H24N2O4S/c1-5-18(19(22)20-15-8-6-14(2)7-9-15)25-17-12-10-16(11-13-17)21(3)26(4,23)24/h6-13,18H,5H2,1-4H3,(H,20,22)/t18-/m1/s1. The molecule has 0 saturated heterocycles. The van der Waals surface area contributed by atoms with Crippen molar-refractivity contribution in [3.8, 4) is 5.75 Å². The first-order chi connectivity index (χ1) is 12.2. The number of amides is 1. The summed E-state index contributed by atoms with van der Waals surface area (Å²) < 4.78 is 30.1. The molecule has 1 atom stereocenters. The molecule has 1 amide bonds. The van der Waals surface area contributed by atoms with Crippen molar-refractivity contribution in [1.29, 1.82) is 0 Å². The summed E-state index contributed by atoms with van der Waals surface area (Å²) in [5, 5.41) is 2.84. The van der Waals surface area contributed by atoms with Gasteiger partial charge in [-0.05, 0) is 49.7 Å². The second-order valence-corrected chi connectivity index (χ2v) is 8.11. The van der Waals surface area contributed by atoms with E-state index in [9.17, 15) is 13.2 Å². The topological polar surface area (TPSA) is 75.7 Å². The van der Waals surface area contributed by atoms with Gasteiger partial charge >= 0.3 is 0 Å². The Kier molecular flexibility index (Phi) is 6.26. The van der Waals surface area contributed by atoms with Crippen LogP contribution in [0, 0.1) is 6.92 Å². The Labute approximate surface area is 154 Å². The van der Waals surface area contributed by atoms with Crippen LogP contribution in [0.2, 0.25) is 0 Å². The number of benzene rings is 2. The van der Waals surface area contributed by atoms with Gasteiger partial charge in [-0.3, -0.25) is 9.10 Å². The molecule has 0 saturated carbocycles. The number of carbonyl (C=O) groups excluding carboxylic acids is 1. The third-order valence-corrected chi connectivity index (χ3v) is 5.16. The van der Waals surface area contributed by atoms with Crippen LogP contribution in [-0.4, -0.2) is 33.7 Å². The highest BCUT2D eigenvalue weighted by atomic mass is 32.2. The van der Waals surface area contributed by atoms with Gasteiger partial charge in [0.2, 0.25) is 10.0 Å². The van der Waals surface area contributed by atoms with Crippen molar-refractivity contribution in [2.24, 2.45) is 0 Å². The fourth-order valence-corrected chi connectivity index (χ4v) is 2.78. The molecule has 0 aliphatic heterocycles. The smallest absolute Gasteiger partial charge is 0.265 e. The zero-order valence-electron chi connectivity index (χ0n) is 15.4. The summed E-state index contributed by atoms with van der Waals surface area (Å²) in [6.45, 7) is 3.85. The maximum Gasteiger partial charge on any atom is 0.265 e. The van der Waals surface area contributed by atoms with E-state index in [-0.39, 0.29) is 5.91 Å². The second-order valence-electron chi connectivity index (χ2n) is 6.09. The van der Waals surface area contributed by atoms with Gasteiger partial charge in [-0.2, -0.15) is 0 Å². The first-order valence-electron chi connectivity index (χ1n) is 8.29. The second kappa shape index (κ2) is 8.23. The molecule has 6 nitrogen and oxygen atoms in total. The van der Waals surface area contributed by atoms with Crippen LogP contribution < -0.4 is 14.4 Å². The fraction of sp³-hybridized carbons (Fsp3) is 0.316. The van der Waals surface area contributed by atoms with E-state index < -0.39 is 16.1 Å². The van der Waals surface area contributed by atoms with Crippen LogP contribution in [0.1, 0.15) is 18.9 Å². The lowest BCUT2D eigenvalue weighted by atomic mass is 10.2. The average Bonchev–Trinajstić information content (AvgIpc) is 2.60. The monoisotopic (exact) mass is 376 g/mol. The maximum absolute atomic E-state index is 12.4. The molecule has 2 aromatic rings. The number of hydrogen-bond acceptors (Lipinski definition) is 4. The molecule has 7 heteroatoms. The van der Waals surface area contributed by atoms with Crippen molar-refractivity contribution in [2.75, 3.05) is 22.9 Å². The van der Waals surface area contributed by atoms with Gasteiger partial charge in [-0.1, -0.05) is 24.6 Å². The van der Waals surface area contributed by atoms with Crippen molar-refractivity contribution in [3.63, 3.8) is 0 Å². The molecule has 0 fully saturated rings. The number of carbonyl (C=O) groups is 1. The molecule has 0 aliphatic carbocycles. The van der Waals surface area contributed by atoms with Crippen molar-refractivity contribution in [3.05, 3.63) is 54.1 Å². The fourth-order valence-electron chi connectivity index (χ4n) is 2.27. The summed E-state index contributed by atoms with van der Waals surface area (Å²) in [7, 11) is -1.84. The van der Waals surface area contributed by atoms with Gasteiger partial charge in [0.1, 0.15) is 5.75 Å². The van der Waals surface area contributed by atoms with Crippen LogP contribution in [0.5, 0.6) is 5.75 Å². The van der Waals surface area contributed by atoms with Crippen LogP contribution in [0.4, 0.5) is 11.4 Å². The first-order valence-corrected chi connectivity index (χ1v) is 10.1. The third kappa shape index (κ3) is 5.23. The van der Waals surface area contributed by atoms with Gasteiger partial charge in [0, 0.05) is 12.7 Å². The molecule has 0 aromatic heterocycles. The summed E-state index contributed by atoms with van der Waals surface area (Å²) in [4.78, 5) is 12.4. The Morgan fingerprint density at radius 2 is 1.69 bits per heavy atom. The highest BCUT2D eigenvalue weighted by Gasteiger charge is 2.19. The molecule has 0 heterocycles. The molecular formula is C19H24N2O4S. The van der Waals surface area contributed by atoms with E-state index in [0.29, 0.717) is 23.5 Å². The minimum atomic E-state index is -3.32. The number of rotatable bonds is 7. The highest BCUT2D eigenvalue weighted by molar-refractivity contribution is 7.92. The molecular weight excluding hydrogens is 352 g/mol. The van der Waals surface area contributed by atoms with Gasteiger partial charge in [0.25, 0.3) is 5.91 Å². The van der Waals surface area contributed by atoms with Gasteiger partial charge in [0.05, 0.1) is 11.9 Å². The highest BCUT2D eigenvalue weighted by Crippen LogP contribution is 2.22. The minimum absolute atomic E-state index is 0.228. The van der Waals surface area contributed by atoms with Gasteiger partial charge in [-0.15, -0.1) is 0 Å². The molecule has 0 spiro atoms. The molecule has 0 radical (unpaired) electrons. The van der Waals surface area contributed by atoms with Crippen LogP contribution in [-0.2, 0) is 14.8 Å². The van der Waals surface area contributed by atoms with Gasteiger partial charge in [-0.25, -0.2) is 8.42 Å². The molecule has 1 N–H and O–H groups in total. The van der Waals surface area contributed by atoms with E-state index in [1.807, 2.05) is 38.1 Å². The summed E-state index contributed by atoms with van der Waals surface area (Å²) in [5.41, 5.74) is 2.36. The van der Waals surface area contributed by atoms with E-state index >= 15 is 0 Å².